The Balaban J connectivity index is 2.00. The van der Waals surface area contributed by atoms with Crippen LogP contribution in [0.15, 0.2) is 29.4 Å². The van der Waals surface area contributed by atoms with Gasteiger partial charge in [-0.25, -0.2) is 0 Å². The molecule has 0 spiro atoms. The maximum atomic E-state index is 9.73. The first kappa shape index (κ1) is 10.0. The van der Waals surface area contributed by atoms with Crippen molar-refractivity contribution in [3.05, 3.63) is 45.8 Å². The lowest BCUT2D eigenvalue weighted by Gasteiger charge is -2.07. The van der Waals surface area contributed by atoms with Gasteiger partial charge in [0.25, 0.3) is 0 Å². The van der Waals surface area contributed by atoms with Crippen molar-refractivity contribution in [2.24, 2.45) is 5.11 Å². The average Bonchev–Trinajstić information content (AvgIpc) is 2.95. The lowest BCUT2D eigenvalue weighted by molar-refractivity contribution is 0.151. The minimum Gasteiger partial charge on any atom is -0.390 e. The third-order valence-corrected chi connectivity index (χ3v) is 2.70. The monoisotopic (exact) mass is 203 g/mol. The minimum absolute atomic E-state index is 0.390. The number of hydrogen-bond acceptors (Lipinski definition) is 2. The summed E-state index contributed by atoms with van der Waals surface area (Å²) >= 11 is 0. The van der Waals surface area contributed by atoms with Gasteiger partial charge in [0.15, 0.2) is 0 Å². The van der Waals surface area contributed by atoms with Crippen molar-refractivity contribution in [2.45, 2.75) is 31.4 Å². The van der Waals surface area contributed by atoms with Gasteiger partial charge in [0.2, 0.25) is 0 Å². The van der Waals surface area contributed by atoms with E-state index in [1.165, 1.54) is 0 Å². The molecule has 1 aromatic carbocycles. The summed E-state index contributed by atoms with van der Waals surface area (Å²) in [6.07, 6.45) is 2.55. The van der Waals surface area contributed by atoms with Gasteiger partial charge in [-0.15, -0.1) is 0 Å². The fourth-order valence-electron chi connectivity index (χ4n) is 1.58. The molecule has 0 unspecified atom stereocenters. The van der Waals surface area contributed by atoms with Crippen molar-refractivity contribution in [1.29, 1.82) is 0 Å². The highest BCUT2D eigenvalue weighted by molar-refractivity contribution is 5.25. The van der Waals surface area contributed by atoms with Crippen molar-refractivity contribution < 1.29 is 5.11 Å². The molecule has 1 saturated carbocycles. The van der Waals surface area contributed by atoms with Crippen LogP contribution in [0.5, 0.6) is 0 Å². The van der Waals surface area contributed by atoms with Gasteiger partial charge in [0.05, 0.1) is 12.1 Å². The number of benzene rings is 1. The van der Waals surface area contributed by atoms with E-state index < -0.39 is 5.60 Å². The van der Waals surface area contributed by atoms with Gasteiger partial charge in [-0.05, 0) is 29.5 Å². The molecule has 1 aliphatic rings. The van der Waals surface area contributed by atoms with Gasteiger partial charge in [-0.3, -0.25) is 0 Å². The summed E-state index contributed by atoms with van der Waals surface area (Å²) in [6, 6.07) is 7.85. The molecule has 0 atom stereocenters. The first-order chi connectivity index (χ1) is 7.22. The standard InChI is InChI=1S/C11H13N3O/c12-14-13-8-10-3-1-9(2-4-10)7-11(15)5-6-11/h1-4,15H,5-8H2. The fraction of sp³-hybridized carbons (Fsp3) is 0.455. The maximum Gasteiger partial charge on any atom is 0.0690 e. The van der Waals surface area contributed by atoms with Crippen molar-refractivity contribution in [1.82, 2.24) is 0 Å². The van der Waals surface area contributed by atoms with Crippen LogP contribution in [0, 0.1) is 0 Å². The Morgan fingerprint density at radius 3 is 2.40 bits per heavy atom. The molecule has 1 aliphatic carbocycles. The van der Waals surface area contributed by atoms with Crippen LogP contribution in [0.25, 0.3) is 10.4 Å². The van der Waals surface area contributed by atoms with Gasteiger partial charge in [-0.2, -0.15) is 0 Å². The van der Waals surface area contributed by atoms with Crippen LogP contribution in [0.1, 0.15) is 24.0 Å². The normalized spacial score (nSPS) is 16.9. The van der Waals surface area contributed by atoms with Gasteiger partial charge < -0.3 is 5.11 Å². The molecular formula is C11H13N3O. The van der Waals surface area contributed by atoms with Crippen molar-refractivity contribution >= 4 is 0 Å². The highest BCUT2D eigenvalue weighted by Gasteiger charge is 2.39. The number of azide groups is 1. The SMILES string of the molecule is [N-]=[N+]=NCc1ccc(CC2(O)CC2)cc1. The summed E-state index contributed by atoms with van der Waals surface area (Å²) in [5.41, 5.74) is 9.87. The predicted molar refractivity (Wildman–Crippen MR) is 57.2 cm³/mol. The largest absolute Gasteiger partial charge is 0.390 e. The molecular weight excluding hydrogens is 190 g/mol. The number of hydrogen-bond donors (Lipinski definition) is 1. The summed E-state index contributed by atoms with van der Waals surface area (Å²) in [7, 11) is 0. The Hall–Kier alpha value is -1.51. The van der Waals surface area contributed by atoms with E-state index in [1.54, 1.807) is 0 Å². The van der Waals surface area contributed by atoms with Crippen molar-refractivity contribution in [3.63, 3.8) is 0 Å². The lowest BCUT2D eigenvalue weighted by atomic mass is 10.0. The van der Waals surface area contributed by atoms with E-state index >= 15 is 0 Å². The Morgan fingerprint density at radius 1 is 1.27 bits per heavy atom. The molecule has 0 bridgehead atoms. The molecule has 0 heterocycles. The minimum atomic E-state index is -0.438. The Morgan fingerprint density at radius 2 is 1.87 bits per heavy atom. The molecule has 0 aromatic heterocycles. The van der Waals surface area contributed by atoms with Crippen LogP contribution >= 0.6 is 0 Å². The van der Waals surface area contributed by atoms with Crippen molar-refractivity contribution in [3.8, 4) is 0 Å². The van der Waals surface area contributed by atoms with Gasteiger partial charge in [-0.1, -0.05) is 29.4 Å². The van der Waals surface area contributed by atoms with Crippen LogP contribution in [0.2, 0.25) is 0 Å². The second kappa shape index (κ2) is 3.93. The van der Waals surface area contributed by atoms with E-state index in [9.17, 15) is 5.11 Å². The first-order valence-electron chi connectivity index (χ1n) is 5.03. The van der Waals surface area contributed by atoms with Crippen LogP contribution in [0.4, 0.5) is 0 Å². The van der Waals surface area contributed by atoms with Crippen LogP contribution in [0.3, 0.4) is 0 Å². The molecule has 1 N–H and O–H groups in total. The molecule has 78 valence electrons. The maximum absolute atomic E-state index is 9.73. The predicted octanol–water partition coefficient (Wildman–Crippen LogP) is 2.56. The Kier molecular flexibility index (Phi) is 2.62. The van der Waals surface area contributed by atoms with Gasteiger partial charge >= 0.3 is 0 Å². The van der Waals surface area contributed by atoms with E-state index in [0.717, 1.165) is 30.4 Å². The van der Waals surface area contributed by atoms with Crippen LogP contribution < -0.4 is 0 Å². The third kappa shape index (κ3) is 2.72. The second-order valence-corrected chi connectivity index (χ2v) is 4.11. The summed E-state index contributed by atoms with van der Waals surface area (Å²) in [5.74, 6) is 0. The van der Waals surface area contributed by atoms with Crippen LogP contribution in [-0.4, -0.2) is 10.7 Å². The average molecular weight is 203 g/mol. The summed E-state index contributed by atoms with van der Waals surface area (Å²) in [5, 5.41) is 13.2. The Labute approximate surface area is 88.2 Å². The van der Waals surface area contributed by atoms with E-state index in [4.69, 9.17) is 5.53 Å². The fourth-order valence-corrected chi connectivity index (χ4v) is 1.58. The molecule has 2 rings (SSSR count). The van der Waals surface area contributed by atoms with Crippen LogP contribution in [-0.2, 0) is 13.0 Å². The molecule has 0 amide bonds. The summed E-state index contributed by atoms with van der Waals surface area (Å²) in [4.78, 5) is 2.71. The highest BCUT2D eigenvalue weighted by atomic mass is 16.3. The zero-order valence-electron chi connectivity index (χ0n) is 8.43. The second-order valence-electron chi connectivity index (χ2n) is 4.11. The smallest absolute Gasteiger partial charge is 0.0690 e. The molecule has 15 heavy (non-hydrogen) atoms. The molecule has 0 aliphatic heterocycles. The summed E-state index contributed by atoms with van der Waals surface area (Å²) < 4.78 is 0. The summed E-state index contributed by atoms with van der Waals surface area (Å²) in [6.45, 7) is 0.390. The first-order valence-corrected chi connectivity index (χ1v) is 5.03. The Bertz CT molecular complexity index is 389. The van der Waals surface area contributed by atoms with E-state index in [-0.39, 0.29) is 0 Å². The molecule has 4 nitrogen and oxygen atoms in total. The molecule has 1 aromatic rings. The number of nitrogens with zero attached hydrogens (tertiary/aromatic N) is 3. The highest BCUT2D eigenvalue weighted by Crippen LogP contribution is 2.38. The number of rotatable bonds is 4. The van der Waals surface area contributed by atoms with E-state index in [1.807, 2.05) is 24.3 Å². The lowest BCUT2D eigenvalue weighted by Crippen LogP contribution is -2.10. The van der Waals surface area contributed by atoms with Gasteiger partial charge in [0, 0.05) is 11.3 Å². The number of aliphatic hydroxyl groups is 1. The zero-order chi connectivity index (χ0) is 10.7. The topological polar surface area (TPSA) is 69.0 Å². The van der Waals surface area contributed by atoms with E-state index in [0.29, 0.717) is 6.54 Å². The molecule has 0 saturated heterocycles. The molecule has 4 heteroatoms. The van der Waals surface area contributed by atoms with Crippen molar-refractivity contribution in [2.75, 3.05) is 0 Å². The molecule has 0 radical (unpaired) electrons. The zero-order valence-corrected chi connectivity index (χ0v) is 8.43. The van der Waals surface area contributed by atoms with E-state index in [2.05, 4.69) is 10.0 Å². The quantitative estimate of drug-likeness (QED) is 0.456. The third-order valence-electron chi connectivity index (χ3n) is 2.70. The van der Waals surface area contributed by atoms with Gasteiger partial charge in [0.1, 0.15) is 0 Å². The molecule has 1 fully saturated rings.